The average molecular weight is 637 g/mol. The van der Waals surface area contributed by atoms with Gasteiger partial charge in [-0.25, -0.2) is 0 Å². The molecule has 0 atom stereocenters. The third-order valence-corrected chi connectivity index (χ3v) is 10.1. The lowest BCUT2D eigenvalue weighted by Crippen LogP contribution is -2.40. The molecule has 26 heavy (non-hydrogen) atoms. The standard InChI is InChI=1S/C18H20ClI2O3PS/c1-23-18(16-11-3-9-2-10(5-11)6-12(16)4-9)14-7-13(22)8-15(17(14)19)24-26-25(20)21/h7-12,22H,2-6H2,1H3. The fourth-order valence-corrected chi connectivity index (χ4v) is 7.73. The number of halogens is 3. The van der Waals surface area contributed by atoms with Gasteiger partial charge in [0.2, 0.25) is 0 Å². The fraction of sp³-hybridized carbons (Fsp3) is 0.556. The highest BCUT2D eigenvalue weighted by molar-refractivity contribution is 14.3. The molecule has 1 aromatic carbocycles. The molecule has 5 rings (SSSR count). The lowest BCUT2D eigenvalue weighted by molar-refractivity contribution is 0.0675. The summed E-state index contributed by atoms with van der Waals surface area (Å²) in [4.78, 5) is 0. The molecule has 0 heterocycles. The van der Waals surface area contributed by atoms with Crippen molar-refractivity contribution >= 4 is 75.5 Å². The van der Waals surface area contributed by atoms with Gasteiger partial charge in [-0.1, -0.05) is 11.6 Å². The zero-order chi connectivity index (χ0) is 18.4. The van der Waals surface area contributed by atoms with Gasteiger partial charge in [-0.2, -0.15) is 0 Å². The number of phenols is 1. The van der Waals surface area contributed by atoms with E-state index in [-0.39, 0.29) is 8.16 Å². The lowest BCUT2D eigenvalue weighted by atomic mass is 9.54. The maximum Gasteiger partial charge on any atom is 0.160 e. The van der Waals surface area contributed by atoms with E-state index in [1.807, 2.05) is 0 Å². The van der Waals surface area contributed by atoms with Gasteiger partial charge in [0.05, 0.1) is 12.1 Å². The molecule has 0 aliphatic heterocycles. The summed E-state index contributed by atoms with van der Waals surface area (Å²) < 4.78 is 11.3. The summed E-state index contributed by atoms with van der Waals surface area (Å²) in [5.41, 5.74) is 2.19. The number of benzene rings is 1. The minimum absolute atomic E-state index is 0.158. The first-order chi connectivity index (χ1) is 12.5. The Labute approximate surface area is 190 Å². The minimum Gasteiger partial charge on any atom is -0.508 e. The number of rotatable bonds is 5. The van der Waals surface area contributed by atoms with Gasteiger partial charge in [-0.15, -0.1) is 0 Å². The second-order valence-electron chi connectivity index (χ2n) is 7.46. The van der Waals surface area contributed by atoms with Crippen LogP contribution in [0.3, 0.4) is 0 Å². The number of allylic oxidation sites excluding steroid dienone is 1. The SMILES string of the molecule is COC(=C1C2CC3CC(C2)CC1C3)c1cc(O)cc(OSP(I)I)c1Cl. The molecule has 4 aliphatic rings. The van der Waals surface area contributed by atoms with E-state index in [1.165, 1.54) is 49.3 Å². The van der Waals surface area contributed by atoms with Crippen molar-refractivity contribution in [3.05, 3.63) is 28.3 Å². The zero-order valence-corrected chi connectivity index (χ0v) is 21.0. The van der Waals surface area contributed by atoms with Crippen molar-refractivity contribution in [2.24, 2.45) is 23.7 Å². The fourth-order valence-electron chi connectivity index (χ4n) is 5.32. The summed E-state index contributed by atoms with van der Waals surface area (Å²) in [6.07, 6.45) is 6.52. The number of ether oxygens (including phenoxy) is 1. The maximum absolute atomic E-state index is 10.3. The number of phenolic OH excluding ortho intramolecular Hbond substituents is 1. The molecule has 1 N–H and O–H groups in total. The minimum atomic E-state index is -0.344. The van der Waals surface area contributed by atoms with Crippen LogP contribution in [0.5, 0.6) is 11.5 Å². The van der Waals surface area contributed by atoms with E-state index >= 15 is 0 Å². The van der Waals surface area contributed by atoms with Crippen LogP contribution in [0.15, 0.2) is 17.7 Å². The topological polar surface area (TPSA) is 38.7 Å². The molecule has 0 saturated heterocycles. The van der Waals surface area contributed by atoms with Crippen molar-refractivity contribution in [2.75, 3.05) is 7.11 Å². The van der Waals surface area contributed by atoms with Gasteiger partial charge >= 0.3 is 0 Å². The molecule has 0 spiro atoms. The van der Waals surface area contributed by atoms with Gasteiger partial charge < -0.3 is 14.0 Å². The van der Waals surface area contributed by atoms with Crippen LogP contribution < -0.4 is 4.18 Å². The van der Waals surface area contributed by atoms with Crippen molar-refractivity contribution in [1.29, 1.82) is 0 Å². The van der Waals surface area contributed by atoms with Gasteiger partial charge in [-0.05, 0) is 111 Å². The van der Waals surface area contributed by atoms with Gasteiger partial charge in [0.1, 0.15) is 25.6 Å². The second-order valence-corrected chi connectivity index (χ2v) is 25.4. The summed E-state index contributed by atoms with van der Waals surface area (Å²) in [6.45, 7) is 0. The molecule has 0 aromatic heterocycles. The molecule has 4 bridgehead atoms. The smallest absolute Gasteiger partial charge is 0.160 e. The van der Waals surface area contributed by atoms with Crippen molar-refractivity contribution in [1.82, 2.24) is 0 Å². The lowest BCUT2D eigenvalue weighted by Gasteiger charge is -2.51. The van der Waals surface area contributed by atoms with Crippen molar-refractivity contribution in [2.45, 2.75) is 32.1 Å². The molecule has 0 amide bonds. The third kappa shape index (κ3) is 3.96. The normalized spacial score (nSPS) is 29.3. The number of aromatic hydroxyl groups is 1. The van der Waals surface area contributed by atoms with Crippen LogP contribution in [0.4, 0.5) is 0 Å². The molecule has 4 aliphatic carbocycles. The van der Waals surface area contributed by atoms with Crippen molar-refractivity contribution in [3.8, 4) is 11.5 Å². The highest BCUT2D eigenvalue weighted by atomic mass is 127. The Kier molecular flexibility index (Phi) is 6.46. The Hall–Kier alpha value is 0.890. The third-order valence-electron chi connectivity index (χ3n) is 5.94. The predicted octanol–water partition coefficient (Wildman–Crippen LogP) is 7.98. The van der Waals surface area contributed by atoms with E-state index in [4.69, 9.17) is 20.5 Å². The number of hydrogen-bond donors (Lipinski definition) is 1. The Morgan fingerprint density at radius 1 is 1.15 bits per heavy atom. The molecule has 3 nitrogen and oxygen atoms in total. The quantitative estimate of drug-likeness (QED) is 0.154. The highest BCUT2D eigenvalue weighted by Crippen LogP contribution is 2.65. The monoisotopic (exact) mass is 636 g/mol. The Bertz CT molecular complexity index is 713. The van der Waals surface area contributed by atoms with Gasteiger partial charge in [-0.3, -0.25) is 0 Å². The Morgan fingerprint density at radius 3 is 2.31 bits per heavy atom. The molecular weight excluding hydrogens is 616 g/mol. The number of hydrogen-bond acceptors (Lipinski definition) is 4. The highest BCUT2D eigenvalue weighted by Gasteiger charge is 2.47. The van der Waals surface area contributed by atoms with Gasteiger partial charge in [0.25, 0.3) is 0 Å². The molecule has 4 fully saturated rings. The first-order valence-electron chi connectivity index (χ1n) is 8.73. The van der Waals surface area contributed by atoms with E-state index in [1.54, 1.807) is 19.2 Å². The molecule has 8 heteroatoms. The summed E-state index contributed by atoms with van der Waals surface area (Å²) in [6, 6.07) is 3.30. The zero-order valence-electron chi connectivity index (χ0n) is 14.3. The first kappa shape index (κ1) is 20.2. The molecular formula is C18H20ClI2O3PS. The van der Waals surface area contributed by atoms with Crippen LogP contribution in [-0.4, -0.2) is 12.2 Å². The van der Waals surface area contributed by atoms with Gasteiger partial charge in [0.15, 0.2) is 5.75 Å². The van der Waals surface area contributed by atoms with Gasteiger partial charge in [0, 0.05) is 11.6 Å². The molecule has 142 valence electrons. The number of methoxy groups -OCH3 is 1. The van der Waals surface area contributed by atoms with Crippen molar-refractivity contribution in [3.63, 3.8) is 0 Å². The van der Waals surface area contributed by atoms with E-state index in [9.17, 15) is 5.11 Å². The molecule has 4 saturated carbocycles. The predicted molar refractivity (Wildman–Crippen MR) is 127 cm³/mol. The summed E-state index contributed by atoms with van der Waals surface area (Å²) in [5, 5.41) is 10.8. The molecule has 1 aromatic rings. The van der Waals surface area contributed by atoms with E-state index in [0.717, 1.165) is 23.2 Å². The van der Waals surface area contributed by atoms with Crippen LogP contribution in [0.25, 0.3) is 5.76 Å². The first-order valence-corrected chi connectivity index (χ1v) is 17.4. The molecule has 0 radical (unpaired) electrons. The Morgan fingerprint density at radius 2 is 1.77 bits per heavy atom. The van der Waals surface area contributed by atoms with Crippen LogP contribution in [0, 0.1) is 23.7 Å². The average Bonchev–Trinajstić information content (AvgIpc) is 2.58. The van der Waals surface area contributed by atoms with E-state index < -0.39 is 0 Å². The second kappa shape index (κ2) is 8.33. The summed E-state index contributed by atoms with van der Waals surface area (Å²) >= 11 is 12.7. The summed E-state index contributed by atoms with van der Waals surface area (Å²) in [7, 11) is 1.72. The summed E-state index contributed by atoms with van der Waals surface area (Å²) in [5.74, 6) is 4.52. The van der Waals surface area contributed by atoms with E-state index in [2.05, 4.69) is 44.1 Å². The van der Waals surface area contributed by atoms with Crippen LogP contribution in [0.1, 0.15) is 37.7 Å². The van der Waals surface area contributed by atoms with Crippen LogP contribution >= 0.6 is 69.8 Å². The molecule has 0 unspecified atom stereocenters. The largest absolute Gasteiger partial charge is 0.508 e. The van der Waals surface area contributed by atoms with Crippen molar-refractivity contribution < 1.29 is 14.0 Å². The maximum atomic E-state index is 10.3. The van der Waals surface area contributed by atoms with E-state index in [0.29, 0.717) is 22.6 Å². The Balaban J connectivity index is 1.75. The van der Waals surface area contributed by atoms with Crippen LogP contribution in [0.2, 0.25) is 5.02 Å². The van der Waals surface area contributed by atoms with Crippen LogP contribution in [-0.2, 0) is 4.74 Å².